The molecule has 16 heavy (non-hydrogen) atoms. The summed E-state index contributed by atoms with van der Waals surface area (Å²) < 4.78 is 0. The number of piperidine rings is 1. The summed E-state index contributed by atoms with van der Waals surface area (Å²) in [6.45, 7) is 6.83. The van der Waals surface area contributed by atoms with Crippen molar-refractivity contribution in [1.82, 2.24) is 4.90 Å². The van der Waals surface area contributed by atoms with E-state index in [1.807, 2.05) is 0 Å². The largest absolute Gasteiger partial charge is 0.380 e. The molecule has 0 aliphatic carbocycles. The van der Waals surface area contributed by atoms with Crippen LogP contribution in [0.15, 0.2) is 12.1 Å². The van der Waals surface area contributed by atoms with E-state index < -0.39 is 0 Å². The molecule has 0 bridgehead atoms. The first kappa shape index (κ1) is 10.2. The van der Waals surface area contributed by atoms with Crippen LogP contribution in [0.4, 0.5) is 5.69 Å². The van der Waals surface area contributed by atoms with Crippen LogP contribution in [0, 0.1) is 13.8 Å². The van der Waals surface area contributed by atoms with Gasteiger partial charge in [-0.1, -0.05) is 6.07 Å². The maximum Gasteiger partial charge on any atom is 0.0458 e. The van der Waals surface area contributed by atoms with Gasteiger partial charge in [0.15, 0.2) is 0 Å². The zero-order valence-corrected chi connectivity index (χ0v) is 10.4. The number of aryl methyl sites for hydroxylation is 2. The van der Waals surface area contributed by atoms with E-state index in [4.69, 9.17) is 0 Å². The zero-order chi connectivity index (χ0) is 11.3. The lowest BCUT2D eigenvalue weighted by molar-refractivity contribution is 0.245. The summed E-state index contributed by atoms with van der Waals surface area (Å²) in [5, 5.41) is 3.69. The smallest absolute Gasteiger partial charge is 0.0458 e. The van der Waals surface area contributed by atoms with Crippen molar-refractivity contribution in [3.05, 3.63) is 28.8 Å². The normalized spacial score (nSPS) is 28.4. The van der Waals surface area contributed by atoms with E-state index in [1.165, 1.54) is 36.3 Å². The maximum absolute atomic E-state index is 3.69. The molecule has 2 heteroatoms. The van der Waals surface area contributed by atoms with Crippen molar-refractivity contribution < 1.29 is 0 Å². The number of nitrogens with one attached hydrogen (secondary N) is 1. The summed E-state index contributed by atoms with van der Waals surface area (Å²) >= 11 is 0. The van der Waals surface area contributed by atoms with Gasteiger partial charge in [0.25, 0.3) is 0 Å². The second-order valence-electron chi connectivity index (χ2n) is 5.43. The zero-order valence-electron chi connectivity index (χ0n) is 10.4. The molecule has 1 aromatic rings. The van der Waals surface area contributed by atoms with E-state index in [0.29, 0.717) is 6.04 Å². The predicted octanol–water partition coefficient (Wildman–Crippen LogP) is 2.52. The molecule has 0 spiro atoms. The Labute approximate surface area is 97.6 Å². The molecule has 0 saturated carbocycles. The van der Waals surface area contributed by atoms with Gasteiger partial charge in [-0.25, -0.2) is 0 Å². The molecule has 3 rings (SSSR count). The topological polar surface area (TPSA) is 15.3 Å². The molecule has 0 aromatic heterocycles. The molecule has 2 nitrogen and oxygen atoms in total. The Balaban J connectivity index is 1.99. The molecule has 1 aromatic carbocycles. The van der Waals surface area contributed by atoms with Crippen LogP contribution < -0.4 is 5.32 Å². The van der Waals surface area contributed by atoms with Crippen LogP contribution in [-0.4, -0.2) is 31.1 Å². The van der Waals surface area contributed by atoms with E-state index in [-0.39, 0.29) is 0 Å². The van der Waals surface area contributed by atoms with Crippen LogP contribution in [0.3, 0.4) is 0 Å². The number of hydrogen-bond acceptors (Lipinski definition) is 2. The molecule has 2 atom stereocenters. The Morgan fingerprint density at radius 2 is 2.00 bits per heavy atom. The molecule has 2 unspecified atom stereocenters. The van der Waals surface area contributed by atoms with Crippen LogP contribution in [-0.2, 0) is 0 Å². The van der Waals surface area contributed by atoms with Crippen molar-refractivity contribution in [3.8, 4) is 0 Å². The van der Waals surface area contributed by atoms with Gasteiger partial charge in [-0.15, -0.1) is 0 Å². The Kier molecular flexibility index (Phi) is 2.21. The van der Waals surface area contributed by atoms with Gasteiger partial charge in [0, 0.05) is 24.2 Å². The lowest BCUT2D eigenvalue weighted by Gasteiger charge is -2.32. The highest BCUT2D eigenvalue weighted by molar-refractivity contribution is 5.62. The molecule has 1 saturated heterocycles. The number of fused-ring (bicyclic) bond motifs is 3. The third kappa shape index (κ3) is 1.44. The standard InChI is InChI=1S/C14H20N2/c1-9-6-12-11-4-5-16(3)8-14(11)15-13(12)7-10(9)2/h6-7,11,14-15H,4-5,8H2,1-3H3. The van der Waals surface area contributed by atoms with Crippen molar-refractivity contribution in [1.29, 1.82) is 0 Å². The number of rotatable bonds is 0. The lowest BCUT2D eigenvalue weighted by atomic mass is 9.87. The van der Waals surface area contributed by atoms with Gasteiger partial charge in [-0.3, -0.25) is 0 Å². The van der Waals surface area contributed by atoms with Gasteiger partial charge in [0.05, 0.1) is 0 Å². The number of likely N-dealkylation sites (tertiary alicyclic amines) is 1. The molecule has 2 aliphatic rings. The molecule has 1 N–H and O–H groups in total. The van der Waals surface area contributed by atoms with Gasteiger partial charge in [-0.2, -0.15) is 0 Å². The quantitative estimate of drug-likeness (QED) is 0.717. The van der Waals surface area contributed by atoms with E-state index >= 15 is 0 Å². The van der Waals surface area contributed by atoms with Gasteiger partial charge in [0.1, 0.15) is 0 Å². The number of nitrogens with zero attached hydrogens (tertiary/aromatic N) is 1. The van der Waals surface area contributed by atoms with Gasteiger partial charge < -0.3 is 10.2 Å². The summed E-state index contributed by atoms with van der Waals surface area (Å²) in [6.07, 6.45) is 1.30. The minimum Gasteiger partial charge on any atom is -0.380 e. The predicted molar refractivity (Wildman–Crippen MR) is 68.2 cm³/mol. The number of likely N-dealkylation sites (N-methyl/N-ethyl adjacent to an activating group) is 1. The van der Waals surface area contributed by atoms with E-state index in [2.05, 4.69) is 43.2 Å². The monoisotopic (exact) mass is 216 g/mol. The highest BCUT2D eigenvalue weighted by Gasteiger charge is 2.35. The Morgan fingerprint density at radius 3 is 2.81 bits per heavy atom. The van der Waals surface area contributed by atoms with Gasteiger partial charge >= 0.3 is 0 Å². The average molecular weight is 216 g/mol. The molecule has 86 valence electrons. The van der Waals surface area contributed by atoms with Crippen molar-refractivity contribution in [2.24, 2.45) is 0 Å². The maximum atomic E-state index is 3.69. The molecular formula is C14H20N2. The molecule has 1 fully saturated rings. The Morgan fingerprint density at radius 1 is 1.25 bits per heavy atom. The van der Waals surface area contributed by atoms with Gasteiger partial charge in [-0.05, 0) is 56.6 Å². The second kappa shape index (κ2) is 3.49. The fourth-order valence-corrected chi connectivity index (χ4v) is 3.10. The highest BCUT2D eigenvalue weighted by atomic mass is 15.2. The van der Waals surface area contributed by atoms with E-state index in [1.54, 1.807) is 5.56 Å². The molecule has 0 radical (unpaired) electrons. The third-order valence-electron chi connectivity index (χ3n) is 4.22. The molecule has 2 aliphatic heterocycles. The van der Waals surface area contributed by atoms with Crippen LogP contribution in [0.25, 0.3) is 0 Å². The number of anilines is 1. The van der Waals surface area contributed by atoms with Crippen LogP contribution in [0.2, 0.25) is 0 Å². The molecule has 2 heterocycles. The third-order valence-corrected chi connectivity index (χ3v) is 4.22. The van der Waals surface area contributed by atoms with E-state index in [0.717, 1.165) is 5.92 Å². The summed E-state index contributed by atoms with van der Waals surface area (Å²) in [7, 11) is 2.22. The Hall–Kier alpha value is -1.02. The van der Waals surface area contributed by atoms with Crippen molar-refractivity contribution in [2.75, 3.05) is 25.5 Å². The minimum absolute atomic E-state index is 0.634. The van der Waals surface area contributed by atoms with Gasteiger partial charge in [0.2, 0.25) is 0 Å². The summed E-state index contributed by atoms with van der Waals surface area (Å²) in [5.74, 6) is 0.741. The van der Waals surface area contributed by atoms with Crippen LogP contribution >= 0.6 is 0 Å². The Bertz CT molecular complexity index is 425. The van der Waals surface area contributed by atoms with Crippen molar-refractivity contribution >= 4 is 5.69 Å². The second-order valence-corrected chi connectivity index (χ2v) is 5.43. The summed E-state index contributed by atoms with van der Waals surface area (Å²) in [5.41, 5.74) is 5.77. The number of hydrogen-bond donors (Lipinski definition) is 1. The lowest BCUT2D eigenvalue weighted by Crippen LogP contribution is -2.41. The van der Waals surface area contributed by atoms with E-state index in [9.17, 15) is 0 Å². The molecular weight excluding hydrogens is 196 g/mol. The summed E-state index contributed by atoms with van der Waals surface area (Å²) in [4.78, 5) is 2.43. The fraction of sp³-hybridized carbons (Fsp3) is 0.571. The number of benzene rings is 1. The summed E-state index contributed by atoms with van der Waals surface area (Å²) in [6, 6.07) is 5.35. The first-order valence-electron chi connectivity index (χ1n) is 6.21. The van der Waals surface area contributed by atoms with Crippen LogP contribution in [0.1, 0.15) is 29.0 Å². The first-order valence-corrected chi connectivity index (χ1v) is 6.21. The SMILES string of the molecule is Cc1cc2c(cc1C)C1CCN(C)CC1N2. The minimum atomic E-state index is 0.634. The fourth-order valence-electron chi connectivity index (χ4n) is 3.10. The average Bonchev–Trinajstić information content (AvgIpc) is 2.55. The first-order chi connectivity index (χ1) is 7.65. The molecule has 0 amide bonds. The van der Waals surface area contributed by atoms with Crippen molar-refractivity contribution in [3.63, 3.8) is 0 Å². The highest BCUT2D eigenvalue weighted by Crippen LogP contribution is 2.41. The van der Waals surface area contributed by atoms with Crippen molar-refractivity contribution in [2.45, 2.75) is 32.2 Å². The van der Waals surface area contributed by atoms with Crippen LogP contribution in [0.5, 0.6) is 0 Å².